The number of fused-ring (bicyclic) bond motifs is 1. The molecule has 0 amide bonds. The summed E-state index contributed by atoms with van der Waals surface area (Å²) in [4.78, 5) is 2.21. The third-order valence-electron chi connectivity index (χ3n) is 4.03. The van der Waals surface area contributed by atoms with Crippen LogP contribution in [0.4, 0.5) is 0 Å². The first-order valence-corrected chi connectivity index (χ1v) is 8.14. The Kier molecular flexibility index (Phi) is 6.21. The lowest BCUT2D eigenvalue weighted by Gasteiger charge is -2.25. The molecule has 0 unspecified atom stereocenters. The van der Waals surface area contributed by atoms with E-state index in [2.05, 4.69) is 43.3 Å². The van der Waals surface area contributed by atoms with Gasteiger partial charge in [0.05, 0.1) is 10.0 Å². The van der Waals surface area contributed by atoms with E-state index in [1.54, 1.807) is 12.1 Å². The van der Waals surface area contributed by atoms with E-state index in [0.29, 0.717) is 16.0 Å². The van der Waals surface area contributed by atoms with Crippen molar-refractivity contribution in [2.45, 2.75) is 12.5 Å². The van der Waals surface area contributed by atoms with Crippen LogP contribution in [-0.2, 0) is 6.42 Å². The lowest BCUT2D eigenvalue weighted by atomic mass is 10.0. The number of benzene rings is 2. The molecule has 2 aromatic carbocycles. The van der Waals surface area contributed by atoms with Gasteiger partial charge in [-0.15, -0.1) is 12.4 Å². The number of hydrogen-bond donors (Lipinski definition) is 0. The Morgan fingerprint density at radius 1 is 1.09 bits per heavy atom. The van der Waals surface area contributed by atoms with Gasteiger partial charge in [0, 0.05) is 18.5 Å². The first-order chi connectivity index (χ1) is 10.5. The molecule has 0 spiro atoms. The normalized spacial score (nSPS) is 19.3. The summed E-state index contributed by atoms with van der Waals surface area (Å²) in [5, 5.41) is 1.07. The standard InChI is InChI=1S/C18H19Cl2NO.ClH/c1-21(2)11-13-9-12-5-3-4-6-15(12)18(13)22-14-7-8-16(19)17(20)10-14;/h3-8,10,13,18H,9,11H2,1-2H3;1H/t13-,18+;/m1./s1. The number of rotatable bonds is 4. The molecule has 0 N–H and O–H groups in total. The molecule has 2 atom stereocenters. The van der Waals surface area contributed by atoms with Crippen LogP contribution in [0.2, 0.25) is 10.0 Å². The quantitative estimate of drug-likeness (QED) is 0.725. The van der Waals surface area contributed by atoms with Gasteiger partial charge in [-0.3, -0.25) is 0 Å². The summed E-state index contributed by atoms with van der Waals surface area (Å²) < 4.78 is 6.28. The molecular weight excluding hydrogens is 353 g/mol. The average molecular weight is 373 g/mol. The van der Waals surface area contributed by atoms with E-state index in [1.807, 2.05) is 6.07 Å². The Bertz CT molecular complexity index is 675. The van der Waals surface area contributed by atoms with Gasteiger partial charge >= 0.3 is 0 Å². The molecule has 0 bridgehead atoms. The molecule has 2 nitrogen and oxygen atoms in total. The van der Waals surface area contributed by atoms with Crippen molar-refractivity contribution < 1.29 is 4.74 Å². The van der Waals surface area contributed by atoms with E-state index in [9.17, 15) is 0 Å². The van der Waals surface area contributed by atoms with Gasteiger partial charge in [-0.2, -0.15) is 0 Å². The largest absolute Gasteiger partial charge is 0.485 e. The van der Waals surface area contributed by atoms with Gasteiger partial charge in [-0.1, -0.05) is 47.5 Å². The maximum atomic E-state index is 6.28. The van der Waals surface area contributed by atoms with Crippen LogP contribution in [0.25, 0.3) is 0 Å². The van der Waals surface area contributed by atoms with Crippen LogP contribution in [0.1, 0.15) is 17.2 Å². The van der Waals surface area contributed by atoms with Crippen molar-refractivity contribution in [3.63, 3.8) is 0 Å². The maximum Gasteiger partial charge on any atom is 0.128 e. The predicted molar refractivity (Wildman–Crippen MR) is 99.3 cm³/mol. The van der Waals surface area contributed by atoms with Crippen molar-refractivity contribution in [2.75, 3.05) is 20.6 Å². The average Bonchev–Trinajstić information content (AvgIpc) is 2.80. The fraction of sp³-hybridized carbons (Fsp3) is 0.333. The Morgan fingerprint density at radius 3 is 2.52 bits per heavy atom. The minimum atomic E-state index is 0. The van der Waals surface area contributed by atoms with Crippen LogP contribution in [-0.4, -0.2) is 25.5 Å². The SMILES string of the molecule is CN(C)C[C@H]1Cc2ccccc2[C@H]1Oc1ccc(Cl)c(Cl)c1.Cl. The second-order valence-corrected chi connectivity index (χ2v) is 6.85. The molecule has 23 heavy (non-hydrogen) atoms. The smallest absolute Gasteiger partial charge is 0.128 e. The van der Waals surface area contributed by atoms with Crippen molar-refractivity contribution >= 4 is 35.6 Å². The minimum Gasteiger partial charge on any atom is -0.485 e. The van der Waals surface area contributed by atoms with Gasteiger partial charge in [-0.05, 0) is 43.8 Å². The molecule has 0 radical (unpaired) electrons. The van der Waals surface area contributed by atoms with Gasteiger partial charge in [0.1, 0.15) is 11.9 Å². The number of hydrogen-bond acceptors (Lipinski definition) is 2. The molecular formula is C18H20Cl3NO. The molecule has 0 saturated carbocycles. The third-order valence-corrected chi connectivity index (χ3v) is 4.76. The van der Waals surface area contributed by atoms with Crippen LogP contribution >= 0.6 is 35.6 Å². The highest BCUT2D eigenvalue weighted by molar-refractivity contribution is 6.42. The Labute approximate surface area is 153 Å². The Balaban J connectivity index is 0.00000192. The summed E-state index contributed by atoms with van der Waals surface area (Å²) in [7, 11) is 4.19. The first-order valence-electron chi connectivity index (χ1n) is 7.39. The van der Waals surface area contributed by atoms with Crippen molar-refractivity contribution in [3.05, 3.63) is 63.6 Å². The zero-order valence-electron chi connectivity index (χ0n) is 13.1. The molecule has 1 aliphatic carbocycles. The van der Waals surface area contributed by atoms with E-state index in [-0.39, 0.29) is 18.5 Å². The van der Waals surface area contributed by atoms with Crippen molar-refractivity contribution in [2.24, 2.45) is 5.92 Å². The number of nitrogens with zero attached hydrogens (tertiary/aromatic N) is 1. The van der Waals surface area contributed by atoms with E-state index < -0.39 is 0 Å². The van der Waals surface area contributed by atoms with Crippen LogP contribution < -0.4 is 4.74 Å². The van der Waals surface area contributed by atoms with Gasteiger partial charge in [-0.25, -0.2) is 0 Å². The summed E-state index contributed by atoms with van der Waals surface area (Å²) in [6, 6.07) is 14.0. The zero-order valence-corrected chi connectivity index (χ0v) is 15.5. The van der Waals surface area contributed by atoms with Crippen molar-refractivity contribution in [3.8, 4) is 5.75 Å². The van der Waals surface area contributed by atoms with Gasteiger partial charge in [0.2, 0.25) is 0 Å². The lowest BCUT2D eigenvalue weighted by molar-refractivity contribution is 0.128. The van der Waals surface area contributed by atoms with Crippen LogP contribution in [0.5, 0.6) is 5.75 Å². The first kappa shape index (κ1) is 18.4. The highest BCUT2D eigenvalue weighted by Gasteiger charge is 2.34. The molecule has 0 fully saturated rings. The molecule has 0 heterocycles. The van der Waals surface area contributed by atoms with Gasteiger partial charge < -0.3 is 9.64 Å². The van der Waals surface area contributed by atoms with Crippen molar-refractivity contribution in [1.82, 2.24) is 4.90 Å². The van der Waals surface area contributed by atoms with Crippen LogP contribution in [0.15, 0.2) is 42.5 Å². The highest BCUT2D eigenvalue weighted by Crippen LogP contribution is 2.40. The third kappa shape index (κ3) is 4.13. The van der Waals surface area contributed by atoms with E-state index in [0.717, 1.165) is 18.7 Å². The van der Waals surface area contributed by atoms with Gasteiger partial charge in [0.15, 0.2) is 0 Å². The topological polar surface area (TPSA) is 12.5 Å². The minimum absolute atomic E-state index is 0. The predicted octanol–water partition coefficient (Wildman–Crippen LogP) is 5.27. The second kappa shape index (κ2) is 7.76. The zero-order chi connectivity index (χ0) is 15.7. The van der Waals surface area contributed by atoms with Gasteiger partial charge in [0.25, 0.3) is 0 Å². The second-order valence-electron chi connectivity index (χ2n) is 6.04. The Hall–Kier alpha value is -0.930. The van der Waals surface area contributed by atoms with E-state index >= 15 is 0 Å². The molecule has 5 heteroatoms. The summed E-state index contributed by atoms with van der Waals surface area (Å²) >= 11 is 12.1. The lowest BCUT2D eigenvalue weighted by Crippen LogP contribution is -2.27. The monoisotopic (exact) mass is 371 g/mol. The van der Waals surface area contributed by atoms with Crippen molar-refractivity contribution in [1.29, 1.82) is 0 Å². The maximum absolute atomic E-state index is 6.28. The summed E-state index contributed by atoms with van der Waals surface area (Å²) in [6.45, 7) is 0.987. The van der Waals surface area contributed by atoms with Crippen LogP contribution in [0.3, 0.4) is 0 Å². The summed E-state index contributed by atoms with van der Waals surface area (Å²) in [5.74, 6) is 1.20. The summed E-state index contributed by atoms with van der Waals surface area (Å²) in [5.41, 5.74) is 2.65. The highest BCUT2D eigenvalue weighted by atomic mass is 35.5. The number of ether oxygens (including phenoxy) is 1. The van der Waals surface area contributed by atoms with E-state index in [4.69, 9.17) is 27.9 Å². The number of halogens is 3. The fourth-order valence-corrected chi connectivity index (χ4v) is 3.41. The molecule has 0 aliphatic heterocycles. The molecule has 124 valence electrons. The summed E-state index contributed by atoms with van der Waals surface area (Å²) in [6.07, 6.45) is 1.09. The molecule has 2 aromatic rings. The Morgan fingerprint density at radius 2 is 1.83 bits per heavy atom. The molecule has 3 rings (SSSR count). The fourth-order valence-electron chi connectivity index (χ4n) is 3.13. The molecule has 0 aromatic heterocycles. The van der Waals surface area contributed by atoms with E-state index in [1.165, 1.54) is 11.1 Å². The molecule has 1 aliphatic rings. The molecule has 0 saturated heterocycles. The van der Waals surface area contributed by atoms with Crippen LogP contribution in [0, 0.1) is 5.92 Å².